The van der Waals surface area contributed by atoms with Gasteiger partial charge >= 0.3 is 0 Å². The van der Waals surface area contributed by atoms with Gasteiger partial charge < -0.3 is 14.5 Å². The van der Waals surface area contributed by atoms with Crippen molar-refractivity contribution in [1.29, 1.82) is 0 Å². The van der Waals surface area contributed by atoms with Crippen LogP contribution in [0.15, 0.2) is 40.8 Å². The third-order valence-electron chi connectivity index (χ3n) is 2.97. The number of rotatable bonds is 10. The molecule has 0 spiro atoms. The van der Waals surface area contributed by atoms with Gasteiger partial charge in [0.05, 0.1) is 12.3 Å². The van der Waals surface area contributed by atoms with Crippen LogP contribution < -0.4 is 10.1 Å². The van der Waals surface area contributed by atoms with Crippen LogP contribution in [0.4, 0.5) is 17.6 Å². The maximum absolute atomic E-state index is 12.1. The molecule has 0 fully saturated rings. The zero-order valence-electron chi connectivity index (χ0n) is 12.7. The van der Waals surface area contributed by atoms with Gasteiger partial charge in [-0.2, -0.15) is 8.78 Å². The molecule has 24 heavy (non-hydrogen) atoms. The highest BCUT2D eigenvalue weighted by molar-refractivity contribution is 7.98. The lowest BCUT2D eigenvalue weighted by Crippen LogP contribution is -2.12. The molecule has 1 N–H and O–H groups in total. The zero-order chi connectivity index (χ0) is 17.4. The Bertz CT molecular complexity index is 622. The summed E-state index contributed by atoms with van der Waals surface area (Å²) in [6.07, 6.45) is -2.51. The van der Waals surface area contributed by atoms with Crippen LogP contribution >= 0.6 is 11.8 Å². The standard InChI is InChI=1S/C16H17F4NO2S/c17-15(18)9-22-12-3-1-2-11(6-12)7-21-8-13-4-5-14(23-13)10-24-16(19)20/h1-6,15-16,21H,7-10H2. The van der Waals surface area contributed by atoms with Crippen LogP contribution in [0.2, 0.25) is 0 Å². The second kappa shape index (κ2) is 9.58. The number of ether oxygens (including phenoxy) is 1. The summed E-state index contributed by atoms with van der Waals surface area (Å²) in [6.45, 7) is 0.290. The lowest BCUT2D eigenvalue weighted by atomic mass is 10.2. The van der Waals surface area contributed by atoms with E-state index in [1.807, 2.05) is 6.07 Å². The molecule has 0 aliphatic carbocycles. The Balaban J connectivity index is 1.76. The van der Waals surface area contributed by atoms with Crippen LogP contribution in [0.3, 0.4) is 0 Å². The molecule has 3 nitrogen and oxygen atoms in total. The first-order chi connectivity index (χ1) is 11.5. The van der Waals surface area contributed by atoms with Gasteiger partial charge in [0.1, 0.15) is 23.9 Å². The van der Waals surface area contributed by atoms with E-state index in [9.17, 15) is 17.6 Å². The first-order valence-corrected chi connectivity index (χ1v) is 8.26. The molecule has 8 heteroatoms. The first kappa shape index (κ1) is 18.7. The molecule has 1 aromatic carbocycles. The van der Waals surface area contributed by atoms with E-state index in [1.54, 1.807) is 30.3 Å². The van der Waals surface area contributed by atoms with E-state index in [0.717, 1.165) is 5.56 Å². The third-order valence-corrected chi connectivity index (χ3v) is 3.67. The van der Waals surface area contributed by atoms with Crippen molar-refractivity contribution in [2.45, 2.75) is 31.0 Å². The smallest absolute Gasteiger partial charge is 0.284 e. The lowest BCUT2D eigenvalue weighted by Gasteiger charge is -2.08. The highest BCUT2D eigenvalue weighted by Crippen LogP contribution is 2.21. The van der Waals surface area contributed by atoms with E-state index >= 15 is 0 Å². The number of halogens is 4. The minimum absolute atomic E-state index is 0.126. The van der Waals surface area contributed by atoms with Crippen LogP contribution in [0.1, 0.15) is 17.1 Å². The van der Waals surface area contributed by atoms with Gasteiger partial charge in [0, 0.05) is 6.54 Å². The molecule has 0 aliphatic rings. The Morgan fingerprint density at radius 3 is 2.58 bits per heavy atom. The predicted molar refractivity (Wildman–Crippen MR) is 84.5 cm³/mol. The van der Waals surface area contributed by atoms with Gasteiger partial charge in [0.15, 0.2) is 0 Å². The van der Waals surface area contributed by atoms with E-state index in [1.165, 1.54) is 0 Å². The summed E-state index contributed by atoms with van der Waals surface area (Å²) in [7, 11) is 0. The van der Waals surface area contributed by atoms with Crippen LogP contribution in [-0.2, 0) is 18.8 Å². The van der Waals surface area contributed by atoms with Crippen LogP contribution in [-0.4, -0.2) is 18.8 Å². The van der Waals surface area contributed by atoms with Gasteiger partial charge in [-0.25, -0.2) is 8.78 Å². The van der Waals surface area contributed by atoms with Crippen molar-refractivity contribution >= 4 is 11.8 Å². The molecule has 0 atom stereocenters. The summed E-state index contributed by atoms with van der Waals surface area (Å²) < 4.78 is 58.9. The number of thioether (sulfide) groups is 1. The summed E-state index contributed by atoms with van der Waals surface area (Å²) in [4.78, 5) is 0. The maximum atomic E-state index is 12.1. The molecule has 132 valence electrons. The largest absolute Gasteiger partial charge is 0.488 e. The fourth-order valence-corrected chi connectivity index (χ4v) is 2.42. The molecule has 1 aromatic heterocycles. The van der Waals surface area contributed by atoms with Crippen molar-refractivity contribution in [1.82, 2.24) is 5.32 Å². The van der Waals surface area contributed by atoms with E-state index in [2.05, 4.69) is 5.32 Å². The lowest BCUT2D eigenvalue weighted by molar-refractivity contribution is 0.0818. The number of hydrogen-bond donors (Lipinski definition) is 1. The fraction of sp³-hybridized carbons (Fsp3) is 0.375. The monoisotopic (exact) mass is 363 g/mol. The molecule has 2 rings (SSSR count). The zero-order valence-corrected chi connectivity index (χ0v) is 13.5. The van der Waals surface area contributed by atoms with Crippen molar-refractivity contribution < 1.29 is 26.7 Å². The quantitative estimate of drug-likeness (QED) is 0.622. The number of nitrogens with one attached hydrogen (secondary N) is 1. The second-order valence-electron chi connectivity index (χ2n) is 4.89. The van der Waals surface area contributed by atoms with Crippen molar-refractivity contribution in [3.05, 3.63) is 53.5 Å². The highest BCUT2D eigenvalue weighted by Gasteiger charge is 2.07. The molecule has 1 heterocycles. The van der Waals surface area contributed by atoms with E-state index in [0.29, 0.717) is 42.1 Å². The normalized spacial score (nSPS) is 11.4. The van der Waals surface area contributed by atoms with Gasteiger partial charge in [-0.05, 0) is 29.8 Å². The Morgan fingerprint density at radius 2 is 1.83 bits per heavy atom. The van der Waals surface area contributed by atoms with Crippen LogP contribution in [0.5, 0.6) is 5.75 Å². The second-order valence-corrected chi connectivity index (χ2v) is 5.87. The van der Waals surface area contributed by atoms with Gasteiger partial charge in [0.2, 0.25) is 0 Å². The summed E-state index contributed by atoms with van der Waals surface area (Å²) in [5, 5.41) is 3.14. The Labute approximate surface area is 141 Å². The number of hydrogen-bond acceptors (Lipinski definition) is 4. The molecule has 0 saturated heterocycles. The molecular formula is C16H17F4NO2S. The Morgan fingerprint density at radius 1 is 1.04 bits per heavy atom. The van der Waals surface area contributed by atoms with Crippen molar-refractivity contribution in [3.8, 4) is 5.75 Å². The topological polar surface area (TPSA) is 34.4 Å². The Hall–Kier alpha value is -1.67. The Kier molecular flexibility index (Phi) is 7.45. The van der Waals surface area contributed by atoms with Gasteiger partial charge in [-0.15, -0.1) is 0 Å². The van der Waals surface area contributed by atoms with Crippen molar-refractivity contribution in [3.63, 3.8) is 0 Å². The number of furan rings is 1. The molecule has 0 aliphatic heterocycles. The van der Waals surface area contributed by atoms with Gasteiger partial charge in [-0.1, -0.05) is 23.9 Å². The summed E-state index contributed by atoms with van der Waals surface area (Å²) >= 11 is 0.512. The molecule has 2 aromatic rings. The van der Waals surface area contributed by atoms with Crippen LogP contribution in [0.25, 0.3) is 0 Å². The van der Waals surface area contributed by atoms with Gasteiger partial charge in [0.25, 0.3) is 12.2 Å². The molecule has 0 unspecified atom stereocenters. The van der Waals surface area contributed by atoms with E-state index in [4.69, 9.17) is 9.15 Å². The molecular weight excluding hydrogens is 346 g/mol. The summed E-state index contributed by atoms with van der Waals surface area (Å²) in [5.74, 6) is -0.763. The summed E-state index contributed by atoms with van der Waals surface area (Å²) in [6, 6.07) is 10.3. The van der Waals surface area contributed by atoms with E-state index < -0.39 is 18.8 Å². The molecule has 0 bridgehead atoms. The minimum atomic E-state index is -2.51. The van der Waals surface area contributed by atoms with E-state index in [-0.39, 0.29) is 5.75 Å². The third kappa shape index (κ3) is 6.84. The average molecular weight is 363 g/mol. The SMILES string of the molecule is FC(F)COc1cccc(CNCc2ccc(CSC(F)F)o2)c1. The van der Waals surface area contributed by atoms with Crippen molar-refractivity contribution in [2.75, 3.05) is 6.61 Å². The maximum Gasteiger partial charge on any atom is 0.284 e. The number of benzene rings is 1. The minimum Gasteiger partial charge on any atom is -0.488 e. The summed E-state index contributed by atoms with van der Waals surface area (Å²) in [5.41, 5.74) is 0.877. The van der Waals surface area contributed by atoms with Crippen LogP contribution in [0, 0.1) is 0 Å². The molecule has 0 saturated carbocycles. The van der Waals surface area contributed by atoms with Crippen molar-refractivity contribution in [2.24, 2.45) is 0 Å². The molecule has 0 amide bonds. The van der Waals surface area contributed by atoms with Gasteiger partial charge in [-0.3, -0.25) is 0 Å². The first-order valence-electron chi connectivity index (χ1n) is 7.21. The number of alkyl halides is 4. The molecule has 0 radical (unpaired) electrons. The highest BCUT2D eigenvalue weighted by atomic mass is 32.2. The predicted octanol–water partition coefficient (Wildman–Crippen LogP) is 4.67. The average Bonchev–Trinajstić information content (AvgIpc) is 2.99. The fourth-order valence-electron chi connectivity index (χ4n) is 1.97.